The summed E-state index contributed by atoms with van der Waals surface area (Å²) < 4.78 is 34.3. The van der Waals surface area contributed by atoms with Gasteiger partial charge in [0.15, 0.2) is 0 Å². The van der Waals surface area contributed by atoms with Crippen molar-refractivity contribution in [2.75, 3.05) is 26.2 Å². The summed E-state index contributed by atoms with van der Waals surface area (Å²) in [6.07, 6.45) is 17.2. The van der Waals surface area contributed by atoms with Crippen molar-refractivity contribution in [2.24, 2.45) is 9.98 Å². The number of amides is 2. The SMILES string of the molecule is CCCCCCCC[N+](CC)(CC)CCCCCCCC.Cc1ccc(C2=NC(=O)N=C2c2ccc(S(=O)(=O)[O-])cc2)cc1. The Morgan fingerprint density at radius 2 is 1.00 bits per heavy atom. The molecule has 0 atom stereocenters. The fraction of sp³-hybridized carbons (Fsp3) is 0.583. The first kappa shape index (κ1) is 37.5. The third-order valence-corrected chi connectivity index (χ3v) is 9.54. The van der Waals surface area contributed by atoms with Crippen molar-refractivity contribution in [3.63, 3.8) is 0 Å². The Hall–Kier alpha value is -2.68. The summed E-state index contributed by atoms with van der Waals surface area (Å²) in [5, 5.41) is 0. The maximum absolute atomic E-state index is 11.6. The van der Waals surface area contributed by atoms with Gasteiger partial charge in [0.05, 0.1) is 31.1 Å². The fourth-order valence-electron chi connectivity index (χ4n) is 5.64. The Bertz CT molecular complexity index is 1280. The van der Waals surface area contributed by atoms with Crippen LogP contribution in [0.25, 0.3) is 0 Å². The standard InChI is InChI=1S/C20H44N.C16H12N2O4S/c1-5-9-11-13-15-17-19-21(7-3,8-4)20-18-16-14-12-10-6-2;1-10-2-4-11(5-3-10)14-15(18-16(19)17-14)12-6-8-13(9-7-12)23(20,21)22/h5-20H2,1-4H3;2-9H,1H3,(H,20,21,22)/q+1;/p-1. The molecule has 1 aliphatic rings. The zero-order valence-corrected chi connectivity index (χ0v) is 28.6. The lowest BCUT2D eigenvalue weighted by atomic mass is 9.99. The van der Waals surface area contributed by atoms with Gasteiger partial charge in [0.2, 0.25) is 0 Å². The molecule has 0 unspecified atom stereocenters. The lowest BCUT2D eigenvalue weighted by Crippen LogP contribution is -2.49. The molecule has 0 fully saturated rings. The number of hydrogen-bond acceptors (Lipinski definition) is 4. The minimum absolute atomic E-state index is 0.333. The maximum Gasteiger partial charge on any atom is 0.368 e. The van der Waals surface area contributed by atoms with Gasteiger partial charge in [-0.25, -0.2) is 13.2 Å². The van der Waals surface area contributed by atoms with Crippen molar-refractivity contribution in [1.82, 2.24) is 0 Å². The second kappa shape index (κ2) is 19.7. The molecule has 0 bridgehead atoms. The van der Waals surface area contributed by atoms with E-state index in [-0.39, 0.29) is 4.90 Å². The first-order valence-electron chi connectivity index (χ1n) is 16.8. The van der Waals surface area contributed by atoms with Crippen LogP contribution in [-0.2, 0) is 10.1 Å². The molecule has 0 spiro atoms. The van der Waals surface area contributed by atoms with Gasteiger partial charge in [-0.2, -0.15) is 9.98 Å². The number of carbonyl (C=O) groups is 1. The first-order valence-corrected chi connectivity index (χ1v) is 18.2. The molecule has 1 aliphatic heterocycles. The minimum atomic E-state index is -4.51. The Labute approximate surface area is 267 Å². The van der Waals surface area contributed by atoms with E-state index >= 15 is 0 Å². The molecule has 0 saturated heterocycles. The third-order valence-electron chi connectivity index (χ3n) is 8.69. The van der Waals surface area contributed by atoms with Crippen LogP contribution in [0.2, 0.25) is 0 Å². The highest BCUT2D eigenvalue weighted by Crippen LogP contribution is 2.19. The van der Waals surface area contributed by atoms with E-state index in [2.05, 4.69) is 37.7 Å². The molecule has 244 valence electrons. The summed E-state index contributed by atoms with van der Waals surface area (Å²) in [5.74, 6) is 0. The minimum Gasteiger partial charge on any atom is -0.744 e. The largest absolute Gasteiger partial charge is 0.744 e. The number of aryl methyl sites for hydroxylation is 1. The van der Waals surface area contributed by atoms with Gasteiger partial charge in [-0.3, -0.25) is 0 Å². The van der Waals surface area contributed by atoms with E-state index in [1.165, 1.54) is 132 Å². The summed E-state index contributed by atoms with van der Waals surface area (Å²) in [6.45, 7) is 16.9. The molecule has 3 rings (SSSR count). The van der Waals surface area contributed by atoms with Gasteiger partial charge >= 0.3 is 6.03 Å². The molecular formula is C36H55N3O4S. The van der Waals surface area contributed by atoms with Gasteiger partial charge in [-0.15, -0.1) is 0 Å². The predicted molar refractivity (Wildman–Crippen MR) is 182 cm³/mol. The zero-order chi connectivity index (χ0) is 32.4. The molecular weight excluding hydrogens is 570 g/mol. The normalized spacial score (nSPS) is 13.4. The molecule has 8 heteroatoms. The van der Waals surface area contributed by atoms with Gasteiger partial charge in [0, 0.05) is 11.1 Å². The molecule has 2 aromatic carbocycles. The molecule has 44 heavy (non-hydrogen) atoms. The maximum atomic E-state index is 11.6. The highest BCUT2D eigenvalue weighted by atomic mass is 32.2. The van der Waals surface area contributed by atoms with E-state index < -0.39 is 16.1 Å². The third kappa shape index (κ3) is 12.7. The summed E-state index contributed by atoms with van der Waals surface area (Å²) in [4.78, 5) is 19.0. The highest BCUT2D eigenvalue weighted by molar-refractivity contribution is 7.85. The Kier molecular flexibility index (Phi) is 16.8. The molecule has 0 saturated carbocycles. The molecule has 0 radical (unpaired) electrons. The van der Waals surface area contributed by atoms with Crippen molar-refractivity contribution in [3.8, 4) is 0 Å². The zero-order valence-electron chi connectivity index (χ0n) is 27.8. The van der Waals surface area contributed by atoms with Gasteiger partial charge in [-0.05, 0) is 58.6 Å². The van der Waals surface area contributed by atoms with Crippen LogP contribution < -0.4 is 0 Å². The number of benzene rings is 2. The average molecular weight is 626 g/mol. The number of aliphatic imine (C=N–C) groups is 2. The summed E-state index contributed by atoms with van der Waals surface area (Å²) in [7, 11) is -4.51. The van der Waals surface area contributed by atoms with Crippen molar-refractivity contribution >= 4 is 27.6 Å². The number of quaternary nitrogens is 1. The second-order valence-corrected chi connectivity index (χ2v) is 13.4. The van der Waals surface area contributed by atoms with Crippen molar-refractivity contribution in [3.05, 3.63) is 65.2 Å². The lowest BCUT2D eigenvalue weighted by Gasteiger charge is -2.37. The topological polar surface area (TPSA) is 99.0 Å². The van der Waals surface area contributed by atoms with E-state index in [0.717, 1.165) is 11.1 Å². The van der Waals surface area contributed by atoms with E-state index in [9.17, 15) is 17.8 Å². The predicted octanol–water partition coefficient (Wildman–Crippen LogP) is 8.88. The quantitative estimate of drug-likeness (QED) is 0.0884. The fourth-order valence-corrected chi connectivity index (χ4v) is 6.11. The van der Waals surface area contributed by atoms with Crippen LogP contribution in [-0.4, -0.2) is 61.1 Å². The number of urea groups is 1. The molecule has 2 amide bonds. The van der Waals surface area contributed by atoms with Crippen molar-refractivity contribution in [2.45, 2.75) is 117 Å². The smallest absolute Gasteiger partial charge is 0.368 e. The van der Waals surface area contributed by atoms with E-state index in [1.807, 2.05) is 31.2 Å². The number of rotatable bonds is 19. The Morgan fingerprint density at radius 3 is 1.39 bits per heavy atom. The van der Waals surface area contributed by atoms with Crippen LogP contribution >= 0.6 is 0 Å². The molecule has 0 aliphatic carbocycles. The molecule has 1 heterocycles. The van der Waals surface area contributed by atoms with Gasteiger partial charge < -0.3 is 9.04 Å². The monoisotopic (exact) mass is 625 g/mol. The molecule has 2 aromatic rings. The lowest BCUT2D eigenvalue weighted by molar-refractivity contribution is -0.925. The molecule has 0 N–H and O–H groups in total. The van der Waals surface area contributed by atoms with Gasteiger partial charge in [0.25, 0.3) is 0 Å². The van der Waals surface area contributed by atoms with Crippen LogP contribution in [0.15, 0.2) is 63.4 Å². The molecule has 7 nitrogen and oxygen atoms in total. The number of hydrogen-bond donors (Lipinski definition) is 0. The summed E-state index contributed by atoms with van der Waals surface area (Å²) >= 11 is 0. The summed E-state index contributed by atoms with van der Waals surface area (Å²) in [6, 6.07) is 12.1. The van der Waals surface area contributed by atoms with Crippen LogP contribution in [0.4, 0.5) is 4.79 Å². The summed E-state index contributed by atoms with van der Waals surface area (Å²) in [5.41, 5.74) is 3.10. The van der Waals surface area contributed by atoms with E-state index in [0.29, 0.717) is 17.0 Å². The van der Waals surface area contributed by atoms with Crippen LogP contribution in [0, 0.1) is 6.92 Å². The number of nitrogens with zero attached hydrogens (tertiary/aromatic N) is 3. The van der Waals surface area contributed by atoms with E-state index in [1.54, 1.807) is 0 Å². The average Bonchev–Trinajstić information content (AvgIpc) is 3.41. The van der Waals surface area contributed by atoms with Crippen LogP contribution in [0.5, 0.6) is 0 Å². The second-order valence-electron chi connectivity index (χ2n) is 12.0. The number of unbranched alkanes of at least 4 members (excludes halogenated alkanes) is 10. The van der Waals surface area contributed by atoms with Crippen molar-refractivity contribution in [1.29, 1.82) is 0 Å². The Balaban J connectivity index is 0.000000309. The first-order chi connectivity index (χ1) is 21.1. The van der Waals surface area contributed by atoms with E-state index in [4.69, 9.17) is 0 Å². The van der Waals surface area contributed by atoms with Crippen molar-refractivity contribution < 1.29 is 22.2 Å². The van der Waals surface area contributed by atoms with Crippen LogP contribution in [0.3, 0.4) is 0 Å². The number of carbonyl (C=O) groups excluding carboxylic acids is 1. The van der Waals surface area contributed by atoms with Gasteiger partial charge in [-0.1, -0.05) is 107 Å². The van der Waals surface area contributed by atoms with Gasteiger partial charge in [0.1, 0.15) is 21.5 Å². The molecule has 0 aromatic heterocycles. The highest BCUT2D eigenvalue weighted by Gasteiger charge is 2.23. The van der Waals surface area contributed by atoms with Crippen LogP contribution in [0.1, 0.15) is 121 Å². The Morgan fingerprint density at radius 1 is 0.614 bits per heavy atom.